The predicted molar refractivity (Wildman–Crippen MR) is 81.3 cm³/mol. The highest BCUT2D eigenvalue weighted by molar-refractivity contribution is 5.50. The molecule has 0 aliphatic heterocycles. The Labute approximate surface area is 141 Å². The summed E-state index contributed by atoms with van der Waals surface area (Å²) in [5.74, 6) is 0. The molecule has 0 amide bonds. The third kappa shape index (κ3) is 4.20. The fourth-order valence-electron chi connectivity index (χ4n) is 2.59. The molecule has 2 N–H and O–H groups in total. The molecule has 0 bridgehead atoms. The summed E-state index contributed by atoms with van der Waals surface area (Å²) in [6.45, 7) is 3.94. The van der Waals surface area contributed by atoms with Crippen molar-refractivity contribution in [3.05, 3.63) is 29.8 Å². The van der Waals surface area contributed by atoms with Gasteiger partial charge in [-0.05, 0) is 25.0 Å². The van der Waals surface area contributed by atoms with Crippen LogP contribution in [0.3, 0.4) is 0 Å². The van der Waals surface area contributed by atoms with Crippen molar-refractivity contribution in [2.24, 2.45) is 0 Å². The van der Waals surface area contributed by atoms with Gasteiger partial charge in [-0.1, -0.05) is 26.0 Å². The van der Waals surface area contributed by atoms with Gasteiger partial charge in [-0.3, -0.25) is 0 Å². The number of benzene rings is 1. The van der Waals surface area contributed by atoms with E-state index in [2.05, 4.69) is 0 Å². The monoisotopic (exact) mass is 373 g/mol. The molecule has 0 unspecified atom stereocenters. The second kappa shape index (κ2) is 7.82. The first-order chi connectivity index (χ1) is 11.4. The Bertz CT molecular complexity index is 523. The van der Waals surface area contributed by atoms with Crippen LogP contribution in [0.15, 0.2) is 24.3 Å². The zero-order valence-electron chi connectivity index (χ0n) is 13.8. The van der Waals surface area contributed by atoms with Crippen LogP contribution in [0, 0.1) is 0 Å². The number of hydrogen-bond donors (Lipinski definition) is 2. The average molecular weight is 373 g/mol. The molecule has 25 heavy (non-hydrogen) atoms. The maximum Gasteiger partial charge on any atom is 0.430 e. The standard InChI is InChI=1S/C16H21F6NO2/c1-3-9-23(12(4-2)10-24)13-7-5-11(6-8-13)14(25,15(17,18)19)16(20,21)22/h5-8,12,24-25H,3-4,9-10H2,1-2H3/t12-/m1/s1. The summed E-state index contributed by atoms with van der Waals surface area (Å²) >= 11 is 0. The fraction of sp³-hybridized carbons (Fsp3) is 0.625. The minimum Gasteiger partial charge on any atom is -0.394 e. The Hall–Kier alpha value is -1.48. The average Bonchev–Trinajstić information content (AvgIpc) is 2.52. The number of nitrogens with zero attached hydrogens (tertiary/aromatic N) is 1. The van der Waals surface area contributed by atoms with Gasteiger partial charge >= 0.3 is 12.4 Å². The molecule has 0 aliphatic rings. The molecule has 1 aromatic rings. The number of alkyl halides is 6. The predicted octanol–water partition coefficient (Wildman–Crippen LogP) is 3.99. The van der Waals surface area contributed by atoms with Gasteiger partial charge in [-0.2, -0.15) is 26.3 Å². The first-order valence-corrected chi connectivity index (χ1v) is 7.77. The van der Waals surface area contributed by atoms with E-state index < -0.39 is 23.5 Å². The Morgan fingerprint density at radius 2 is 1.44 bits per heavy atom. The molecule has 0 aliphatic carbocycles. The number of aliphatic hydroxyl groups excluding tert-OH is 1. The number of anilines is 1. The first kappa shape index (κ1) is 21.6. The van der Waals surface area contributed by atoms with Crippen LogP contribution in [-0.4, -0.2) is 41.8 Å². The third-order valence-corrected chi connectivity index (χ3v) is 4.02. The number of aliphatic hydroxyl groups is 2. The van der Waals surface area contributed by atoms with E-state index in [0.717, 1.165) is 12.1 Å². The Kier molecular flexibility index (Phi) is 6.74. The maximum absolute atomic E-state index is 12.9. The van der Waals surface area contributed by atoms with Gasteiger partial charge in [0.05, 0.1) is 12.6 Å². The SMILES string of the molecule is CCCN(c1ccc(C(O)(C(F)(F)F)C(F)(F)F)cc1)[C@H](CC)CO. The molecule has 9 heteroatoms. The lowest BCUT2D eigenvalue weighted by Gasteiger charge is -2.34. The third-order valence-electron chi connectivity index (χ3n) is 4.02. The van der Waals surface area contributed by atoms with E-state index in [-0.39, 0.29) is 12.6 Å². The molecule has 0 aromatic heterocycles. The molecule has 0 spiro atoms. The second-order valence-corrected chi connectivity index (χ2v) is 5.69. The van der Waals surface area contributed by atoms with E-state index in [0.29, 0.717) is 37.2 Å². The van der Waals surface area contributed by atoms with Gasteiger partial charge in [-0.25, -0.2) is 0 Å². The van der Waals surface area contributed by atoms with Gasteiger partial charge in [-0.15, -0.1) is 0 Å². The van der Waals surface area contributed by atoms with Gasteiger partial charge in [0.2, 0.25) is 0 Å². The van der Waals surface area contributed by atoms with Crippen molar-refractivity contribution in [1.29, 1.82) is 0 Å². The molecule has 1 aromatic carbocycles. The van der Waals surface area contributed by atoms with Gasteiger partial charge in [0.1, 0.15) is 0 Å². The highest BCUT2D eigenvalue weighted by Crippen LogP contribution is 2.50. The highest BCUT2D eigenvalue weighted by Gasteiger charge is 2.71. The number of rotatable bonds is 7. The summed E-state index contributed by atoms with van der Waals surface area (Å²) in [5.41, 5.74) is -5.86. The summed E-state index contributed by atoms with van der Waals surface area (Å²) < 4.78 is 77.3. The quantitative estimate of drug-likeness (QED) is 0.711. The highest BCUT2D eigenvalue weighted by atomic mass is 19.4. The van der Waals surface area contributed by atoms with Crippen molar-refractivity contribution in [3.63, 3.8) is 0 Å². The normalized spacial score (nSPS) is 14.5. The molecule has 0 saturated heterocycles. The lowest BCUT2D eigenvalue weighted by atomic mass is 9.92. The van der Waals surface area contributed by atoms with E-state index in [1.165, 1.54) is 0 Å². The zero-order chi connectivity index (χ0) is 19.5. The summed E-state index contributed by atoms with van der Waals surface area (Å²) in [6.07, 6.45) is -10.6. The summed E-state index contributed by atoms with van der Waals surface area (Å²) in [5, 5.41) is 18.8. The molecule has 3 nitrogen and oxygen atoms in total. The van der Waals surface area contributed by atoms with E-state index >= 15 is 0 Å². The minimum atomic E-state index is -5.91. The van der Waals surface area contributed by atoms with Gasteiger partial charge in [0, 0.05) is 17.8 Å². The Balaban J connectivity index is 3.32. The fourth-order valence-corrected chi connectivity index (χ4v) is 2.59. The van der Waals surface area contributed by atoms with Crippen molar-refractivity contribution in [2.75, 3.05) is 18.1 Å². The molecule has 0 heterocycles. The molecule has 1 rings (SSSR count). The van der Waals surface area contributed by atoms with Crippen LogP contribution in [-0.2, 0) is 5.60 Å². The van der Waals surface area contributed by atoms with Crippen molar-refractivity contribution in [2.45, 2.75) is 50.7 Å². The lowest BCUT2D eigenvalue weighted by molar-refractivity contribution is -0.376. The maximum atomic E-state index is 12.9. The zero-order valence-corrected chi connectivity index (χ0v) is 13.8. The molecule has 0 saturated carbocycles. The summed E-state index contributed by atoms with van der Waals surface area (Å²) in [4.78, 5) is 1.71. The van der Waals surface area contributed by atoms with Crippen LogP contribution in [0.1, 0.15) is 32.3 Å². The molecular formula is C16H21F6NO2. The van der Waals surface area contributed by atoms with Crippen LogP contribution in [0.2, 0.25) is 0 Å². The Morgan fingerprint density at radius 3 is 1.76 bits per heavy atom. The molecule has 0 fully saturated rings. The number of hydrogen-bond acceptors (Lipinski definition) is 3. The van der Waals surface area contributed by atoms with Crippen LogP contribution >= 0.6 is 0 Å². The van der Waals surface area contributed by atoms with Gasteiger partial charge in [0.15, 0.2) is 0 Å². The lowest BCUT2D eigenvalue weighted by Crippen LogP contribution is -2.53. The van der Waals surface area contributed by atoms with Gasteiger partial charge < -0.3 is 15.1 Å². The largest absolute Gasteiger partial charge is 0.430 e. The van der Waals surface area contributed by atoms with E-state index in [1.54, 1.807) is 4.90 Å². The van der Waals surface area contributed by atoms with Crippen LogP contribution in [0.5, 0.6) is 0 Å². The van der Waals surface area contributed by atoms with Crippen LogP contribution < -0.4 is 4.90 Å². The van der Waals surface area contributed by atoms with Crippen LogP contribution in [0.25, 0.3) is 0 Å². The summed E-state index contributed by atoms with van der Waals surface area (Å²) in [7, 11) is 0. The van der Waals surface area contributed by atoms with Gasteiger partial charge in [0.25, 0.3) is 5.60 Å². The van der Waals surface area contributed by atoms with E-state index in [1.807, 2.05) is 13.8 Å². The molecule has 144 valence electrons. The Morgan fingerprint density at radius 1 is 0.960 bits per heavy atom. The molecule has 1 atom stereocenters. The van der Waals surface area contributed by atoms with Crippen molar-refractivity contribution < 1.29 is 36.6 Å². The van der Waals surface area contributed by atoms with Crippen molar-refractivity contribution in [1.82, 2.24) is 0 Å². The topological polar surface area (TPSA) is 43.7 Å². The van der Waals surface area contributed by atoms with E-state index in [9.17, 15) is 36.6 Å². The smallest absolute Gasteiger partial charge is 0.394 e. The minimum absolute atomic E-state index is 0.201. The molecule has 0 radical (unpaired) electrons. The number of halogens is 6. The first-order valence-electron chi connectivity index (χ1n) is 7.77. The van der Waals surface area contributed by atoms with Crippen molar-refractivity contribution in [3.8, 4) is 0 Å². The molecular weight excluding hydrogens is 352 g/mol. The van der Waals surface area contributed by atoms with E-state index in [4.69, 9.17) is 0 Å². The van der Waals surface area contributed by atoms with Crippen molar-refractivity contribution >= 4 is 5.69 Å². The van der Waals surface area contributed by atoms with Crippen LogP contribution in [0.4, 0.5) is 32.0 Å². The summed E-state index contributed by atoms with van der Waals surface area (Å²) in [6, 6.07) is 3.10. The second-order valence-electron chi connectivity index (χ2n) is 5.69.